The molecule has 1 saturated heterocycles. The van der Waals surface area contributed by atoms with E-state index in [0.29, 0.717) is 18.4 Å². The van der Waals surface area contributed by atoms with Crippen molar-refractivity contribution in [3.05, 3.63) is 41.3 Å². The summed E-state index contributed by atoms with van der Waals surface area (Å²) in [6.07, 6.45) is 0.996. The molecule has 1 atom stereocenters. The largest absolute Gasteiger partial charge is 0.493 e. The van der Waals surface area contributed by atoms with Crippen LogP contribution in [0.3, 0.4) is 0 Å². The number of halogens is 2. The first-order chi connectivity index (χ1) is 13.8. The summed E-state index contributed by atoms with van der Waals surface area (Å²) in [7, 11) is -2.40. The lowest BCUT2D eigenvalue weighted by Gasteiger charge is -2.22. The molecule has 0 unspecified atom stereocenters. The summed E-state index contributed by atoms with van der Waals surface area (Å²) in [6, 6.07) is 6.76. The molecule has 29 heavy (non-hydrogen) atoms. The molecule has 1 fully saturated rings. The van der Waals surface area contributed by atoms with Gasteiger partial charge in [0, 0.05) is 13.1 Å². The first-order valence-electron chi connectivity index (χ1n) is 8.77. The van der Waals surface area contributed by atoms with Crippen LogP contribution in [0.4, 0.5) is 8.78 Å². The molecule has 0 bridgehead atoms. The van der Waals surface area contributed by atoms with Crippen molar-refractivity contribution in [1.29, 1.82) is 0 Å². The number of sulfonamides is 1. The molecule has 3 rings (SSSR count). The van der Waals surface area contributed by atoms with Crippen LogP contribution in [0.5, 0.6) is 11.5 Å². The van der Waals surface area contributed by atoms with Gasteiger partial charge < -0.3 is 14.8 Å². The molecule has 0 aliphatic carbocycles. The molecule has 2 heterocycles. The summed E-state index contributed by atoms with van der Waals surface area (Å²) in [6.45, 7) is -2.71. The van der Waals surface area contributed by atoms with E-state index in [1.165, 1.54) is 29.6 Å². The minimum atomic E-state index is -3.73. The Morgan fingerprint density at radius 3 is 2.79 bits per heavy atom. The highest BCUT2D eigenvalue weighted by Crippen LogP contribution is 2.30. The van der Waals surface area contributed by atoms with Crippen molar-refractivity contribution in [3.8, 4) is 11.5 Å². The highest BCUT2D eigenvalue weighted by atomic mass is 32.2. The maximum Gasteiger partial charge on any atom is 0.387 e. The van der Waals surface area contributed by atoms with Crippen molar-refractivity contribution in [1.82, 2.24) is 9.62 Å². The highest BCUT2D eigenvalue weighted by Gasteiger charge is 2.39. The molecule has 1 aromatic carbocycles. The summed E-state index contributed by atoms with van der Waals surface area (Å²) in [5.74, 6) is -0.434. The molecular formula is C18H20F2N2O5S2. The molecule has 158 valence electrons. The monoisotopic (exact) mass is 446 g/mol. The van der Waals surface area contributed by atoms with Crippen LogP contribution in [0.25, 0.3) is 0 Å². The lowest BCUT2D eigenvalue weighted by atomic mass is 10.1. The zero-order chi connectivity index (χ0) is 21.0. The maximum atomic E-state index is 12.8. The van der Waals surface area contributed by atoms with Crippen LogP contribution in [0.15, 0.2) is 39.9 Å². The molecule has 1 amide bonds. The number of carbonyl (C=O) groups excluding carboxylic acids is 1. The highest BCUT2D eigenvalue weighted by molar-refractivity contribution is 7.91. The zero-order valence-electron chi connectivity index (χ0n) is 15.5. The van der Waals surface area contributed by atoms with Gasteiger partial charge in [-0.2, -0.15) is 13.1 Å². The summed E-state index contributed by atoms with van der Waals surface area (Å²) in [5.41, 5.74) is 0.514. The van der Waals surface area contributed by atoms with Crippen LogP contribution in [-0.2, 0) is 21.4 Å². The van der Waals surface area contributed by atoms with Crippen molar-refractivity contribution >= 4 is 27.3 Å². The van der Waals surface area contributed by atoms with Gasteiger partial charge in [-0.3, -0.25) is 4.79 Å². The zero-order valence-corrected chi connectivity index (χ0v) is 17.1. The lowest BCUT2D eigenvalue weighted by molar-refractivity contribution is -0.124. The van der Waals surface area contributed by atoms with Gasteiger partial charge in [0.15, 0.2) is 11.5 Å². The molecule has 1 aliphatic rings. The Morgan fingerprint density at radius 1 is 1.34 bits per heavy atom. The van der Waals surface area contributed by atoms with Gasteiger partial charge in [-0.1, -0.05) is 12.1 Å². The van der Waals surface area contributed by atoms with Gasteiger partial charge in [-0.15, -0.1) is 11.3 Å². The average molecular weight is 446 g/mol. The molecule has 1 N–H and O–H groups in total. The summed E-state index contributed by atoms with van der Waals surface area (Å²) in [4.78, 5) is 12.6. The second-order valence-electron chi connectivity index (χ2n) is 6.29. The van der Waals surface area contributed by atoms with E-state index < -0.39 is 28.6 Å². The normalized spacial score (nSPS) is 17.4. The number of nitrogens with one attached hydrogen (secondary N) is 1. The number of thiophene rings is 1. The van der Waals surface area contributed by atoms with Crippen LogP contribution < -0.4 is 14.8 Å². The fraction of sp³-hybridized carbons (Fsp3) is 0.389. The number of methoxy groups -OCH3 is 1. The fourth-order valence-corrected chi connectivity index (χ4v) is 5.92. The molecule has 11 heteroatoms. The van der Waals surface area contributed by atoms with Crippen molar-refractivity contribution in [3.63, 3.8) is 0 Å². The van der Waals surface area contributed by atoms with E-state index in [1.807, 2.05) is 0 Å². The van der Waals surface area contributed by atoms with Gasteiger partial charge in [0.1, 0.15) is 10.3 Å². The standard InChI is InChI=1S/C18H20F2N2O5S2/c1-26-14-7-6-12(10-15(14)27-18(19)20)11-21-17(23)13-4-2-8-22(13)29(24,25)16-5-3-9-28-16/h3,5-7,9-10,13,18H,2,4,8,11H2,1H3,(H,21,23)/t13-/m1/s1. The number of alkyl halides is 2. The summed E-state index contributed by atoms with van der Waals surface area (Å²) < 4.78 is 61.4. The Hall–Kier alpha value is -2.24. The Morgan fingerprint density at radius 2 is 2.14 bits per heavy atom. The Balaban J connectivity index is 1.69. The predicted octanol–water partition coefficient (Wildman–Crippen LogP) is 2.83. The number of hydrogen-bond acceptors (Lipinski definition) is 6. The molecule has 1 aromatic heterocycles. The second kappa shape index (κ2) is 9.06. The smallest absolute Gasteiger partial charge is 0.387 e. The van der Waals surface area contributed by atoms with Gasteiger partial charge in [-0.05, 0) is 42.0 Å². The van der Waals surface area contributed by atoms with E-state index in [2.05, 4.69) is 10.1 Å². The van der Waals surface area contributed by atoms with Gasteiger partial charge in [-0.25, -0.2) is 8.42 Å². The molecule has 0 saturated carbocycles. The first-order valence-corrected chi connectivity index (χ1v) is 11.1. The molecule has 0 spiro atoms. The Labute approximate surface area is 171 Å². The number of hydrogen-bond donors (Lipinski definition) is 1. The van der Waals surface area contributed by atoms with E-state index in [1.54, 1.807) is 17.5 Å². The van der Waals surface area contributed by atoms with Gasteiger partial charge in [0.2, 0.25) is 5.91 Å². The van der Waals surface area contributed by atoms with E-state index in [-0.39, 0.29) is 28.8 Å². The number of ether oxygens (including phenoxy) is 2. The minimum absolute atomic E-state index is 0.0335. The van der Waals surface area contributed by atoms with Gasteiger partial charge in [0.05, 0.1) is 7.11 Å². The summed E-state index contributed by atoms with van der Waals surface area (Å²) in [5, 5.41) is 4.35. The van der Waals surface area contributed by atoms with Crippen molar-refractivity contribution in [2.45, 2.75) is 36.2 Å². The van der Waals surface area contributed by atoms with Crippen LogP contribution in [-0.4, -0.2) is 44.9 Å². The summed E-state index contributed by atoms with van der Waals surface area (Å²) >= 11 is 1.10. The molecule has 0 radical (unpaired) electrons. The van der Waals surface area contributed by atoms with E-state index in [4.69, 9.17) is 4.74 Å². The van der Waals surface area contributed by atoms with E-state index >= 15 is 0 Å². The number of carbonyl (C=O) groups is 1. The van der Waals surface area contributed by atoms with E-state index in [9.17, 15) is 22.0 Å². The third-order valence-electron chi connectivity index (χ3n) is 4.48. The van der Waals surface area contributed by atoms with E-state index in [0.717, 1.165) is 11.3 Å². The predicted molar refractivity (Wildman–Crippen MR) is 103 cm³/mol. The fourth-order valence-electron chi connectivity index (χ4n) is 3.14. The molecule has 1 aliphatic heterocycles. The third kappa shape index (κ3) is 4.85. The molecule has 2 aromatic rings. The molecular weight excluding hydrogens is 426 g/mol. The number of amides is 1. The van der Waals surface area contributed by atoms with Crippen LogP contribution >= 0.6 is 11.3 Å². The van der Waals surface area contributed by atoms with Crippen molar-refractivity contribution < 1.29 is 31.5 Å². The maximum absolute atomic E-state index is 12.8. The third-order valence-corrected chi connectivity index (χ3v) is 7.76. The van der Waals surface area contributed by atoms with Crippen LogP contribution in [0, 0.1) is 0 Å². The van der Waals surface area contributed by atoms with Crippen LogP contribution in [0.1, 0.15) is 18.4 Å². The molecule has 7 nitrogen and oxygen atoms in total. The first kappa shape index (κ1) is 21.5. The van der Waals surface area contributed by atoms with Gasteiger partial charge in [0.25, 0.3) is 10.0 Å². The quantitative estimate of drug-likeness (QED) is 0.674. The van der Waals surface area contributed by atoms with Crippen molar-refractivity contribution in [2.75, 3.05) is 13.7 Å². The average Bonchev–Trinajstić information content (AvgIpc) is 3.38. The SMILES string of the molecule is COc1ccc(CNC(=O)[C@H]2CCCN2S(=O)(=O)c2cccs2)cc1OC(F)F. The Kier molecular flexibility index (Phi) is 6.70. The number of nitrogens with zero attached hydrogens (tertiary/aromatic N) is 1. The van der Waals surface area contributed by atoms with Gasteiger partial charge >= 0.3 is 6.61 Å². The number of benzene rings is 1. The minimum Gasteiger partial charge on any atom is -0.493 e. The lowest BCUT2D eigenvalue weighted by Crippen LogP contribution is -2.45. The van der Waals surface area contributed by atoms with Crippen molar-refractivity contribution in [2.24, 2.45) is 0 Å². The number of rotatable bonds is 8. The second-order valence-corrected chi connectivity index (χ2v) is 9.35. The Bertz CT molecular complexity index is 951. The van der Waals surface area contributed by atoms with Crippen LogP contribution in [0.2, 0.25) is 0 Å². The topological polar surface area (TPSA) is 84.9 Å².